The fourth-order valence-corrected chi connectivity index (χ4v) is 1.55. The summed E-state index contributed by atoms with van der Waals surface area (Å²) < 4.78 is 15.5. The van der Waals surface area contributed by atoms with Crippen LogP contribution < -0.4 is 0 Å². The van der Waals surface area contributed by atoms with E-state index in [1.165, 1.54) is 32.9 Å². The summed E-state index contributed by atoms with van der Waals surface area (Å²) in [7, 11) is 0. The van der Waals surface area contributed by atoms with Gasteiger partial charge in [-0.3, -0.25) is 0 Å². The van der Waals surface area contributed by atoms with Gasteiger partial charge in [0.1, 0.15) is 17.6 Å². The largest absolute Gasteiger partial charge is 0.454 e. The molecule has 0 aromatic heterocycles. The smallest absolute Gasteiger partial charge is 0.338 e. The van der Waals surface area contributed by atoms with Gasteiger partial charge in [0.15, 0.2) is 0 Å². The minimum absolute atomic E-state index is 0.0956. The van der Waals surface area contributed by atoms with Gasteiger partial charge in [-0.25, -0.2) is 14.4 Å². The van der Waals surface area contributed by atoms with Gasteiger partial charge in [0.2, 0.25) is 0 Å². The van der Waals surface area contributed by atoms with E-state index in [-0.39, 0.29) is 34.7 Å². The van der Waals surface area contributed by atoms with E-state index in [2.05, 4.69) is 19.7 Å². The van der Waals surface area contributed by atoms with Crippen LogP contribution in [0.15, 0.2) is 60.1 Å². The average molecular weight is 332 g/mol. The van der Waals surface area contributed by atoms with Crippen LogP contribution >= 0.6 is 0 Å². The fraction of sp³-hybridized carbons (Fsp3) is 0.278. The highest BCUT2D eigenvalue weighted by molar-refractivity contribution is 5.89. The Kier molecular flexibility index (Phi) is 6.47. The summed E-state index contributed by atoms with van der Waals surface area (Å²) in [4.78, 5) is 35.0. The lowest BCUT2D eigenvalue weighted by Crippen LogP contribution is -2.22. The van der Waals surface area contributed by atoms with Crippen molar-refractivity contribution in [3.8, 4) is 0 Å². The molecular formula is C18H20O6. The van der Waals surface area contributed by atoms with Crippen LogP contribution in [0.25, 0.3) is 0 Å². The Morgan fingerprint density at radius 2 is 1.42 bits per heavy atom. The van der Waals surface area contributed by atoms with Crippen molar-refractivity contribution in [1.29, 1.82) is 0 Å². The maximum Gasteiger partial charge on any atom is 0.338 e. The zero-order valence-electron chi connectivity index (χ0n) is 14.0. The lowest BCUT2D eigenvalue weighted by Gasteiger charge is -2.21. The maximum absolute atomic E-state index is 11.7. The molecule has 128 valence electrons. The van der Waals surface area contributed by atoms with E-state index < -0.39 is 24.0 Å². The van der Waals surface area contributed by atoms with E-state index in [1.54, 1.807) is 0 Å². The standard InChI is InChI=1S/C18H20O6/c1-10(2)16(19)22-13-7-14(23-17(20)11(3)4)9-15(8-13)24-18(21)12(5)6/h7-8,14H,1,3,5,9H2,2,4,6H3. The molecule has 1 aliphatic rings. The Labute approximate surface area is 140 Å². The van der Waals surface area contributed by atoms with Gasteiger partial charge in [-0.15, -0.1) is 0 Å². The number of hydrogen-bond donors (Lipinski definition) is 0. The molecule has 6 heteroatoms. The van der Waals surface area contributed by atoms with Crippen LogP contribution in [0.5, 0.6) is 0 Å². The summed E-state index contributed by atoms with van der Waals surface area (Å²) in [5, 5.41) is 0. The molecule has 6 nitrogen and oxygen atoms in total. The van der Waals surface area contributed by atoms with Crippen LogP contribution in [0.2, 0.25) is 0 Å². The van der Waals surface area contributed by atoms with Gasteiger partial charge in [-0.2, -0.15) is 0 Å². The van der Waals surface area contributed by atoms with Crippen molar-refractivity contribution in [3.63, 3.8) is 0 Å². The minimum Gasteiger partial charge on any atom is -0.454 e. The highest BCUT2D eigenvalue weighted by Gasteiger charge is 2.24. The number of carbonyl (C=O) groups is 3. The molecule has 1 atom stereocenters. The molecule has 1 unspecified atom stereocenters. The number of esters is 3. The molecule has 0 N–H and O–H groups in total. The number of rotatable bonds is 6. The molecule has 0 saturated heterocycles. The summed E-state index contributed by atoms with van der Waals surface area (Å²) in [5.41, 5.74) is 0.631. The van der Waals surface area contributed by atoms with Crippen molar-refractivity contribution < 1.29 is 28.6 Å². The summed E-state index contributed by atoms with van der Waals surface area (Å²) in [6, 6.07) is 0. The monoisotopic (exact) mass is 332 g/mol. The first kappa shape index (κ1) is 19.2. The van der Waals surface area contributed by atoms with Crippen molar-refractivity contribution in [2.24, 2.45) is 0 Å². The zero-order valence-corrected chi connectivity index (χ0v) is 14.0. The normalized spacial score (nSPS) is 16.2. The SMILES string of the molecule is C=C(C)C(=O)OC1=CC(OC(=O)C(=C)C)CC(OC(=O)C(=C)C)=C1. The first-order valence-electron chi connectivity index (χ1n) is 7.14. The molecule has 0 radical (unpaired) electrons. The predicted molar refractivity (Wildman–Crippen MR) is 87.3 cm³/mol. The molecule has 24 heavy (non-hydrogen) atoms. The Balaban J connectivity index is 2.99. The number of carbonyl (C=O) groups excluding carboxylic acids is 3. The first-order valence-corrected chi connectivity index (χ1v) is 7.14. The van der Waals surface area contributed by atoms with E-state index in [9.17, 15) is 14.4 Å². The molecule has 0 fully saturated rings. The van der Waals surface area contributed by atoms with Gasteiger partial charge in [0.05, 0.1) is 0 Å². The quantitative estimate of drug-likeness (QED) is 0.423. The summed E-state index contributed by atoms with van der Waals surface area (Å²) in [6.07, 6.45) is 2.18. The first-order chi connectivity index (χ1) is 11.1. The van der Waals surface area contributed by atoms with Crippen molar-refractivity contribution in [2.45, 2.75) is 33.3 Å². The van der Waals surface area contributed by atoms with E-state index in [4.69, 9.17) is 14.2 Å². The molecule has 0 spiro atoms. The average Bonchev–Trinajstić information content (AvgIpc) is 2.46. The van der Waals surface area contributed by atoms with Crippen LogP contribution in [-0.4, -0.2) is 24.0 Å². The Bertz CT molecular complexity index is 678. The molecule has 0 heterocycles. The third-order valence-electron chi connectivity index (χ3n) is 2.79. The second kappa shape index (κ2) is 8.10. The fourth-order valence-electron chi connectivity index (χ4n) is 1.55. The van der Waals surface area contributed by atoms with Crippen LogP contribution in [0, 0.1) is 0 Å². The van der Waals surface area contributed by atoms with E-state index in [0.717, 1.165) is 0 Å². The van der Waals surface area contributed by atoms with Crippen LogP contribution in [0.1, 0.15) is 27.2 Å². The molecule has 0 aliphatic heterocycles. The van der Waals surface area contributed by atoms with Gasteiger partial charge in [0, 0.05) is 29.2 Å². The van der Waals surface area contributed by atoms with Crippen molar-refractivity contribution >= 4 is 17.9 Å². The molecule has 1 rings (SSSR count). The number of allylic oxidation sites excluding steroid dienone is 1. The van der Waals surface area contributed by atoms with Crippen LogP contribution in [-0.2, 0) is 28.6 Å². The molecule has 0 saturated carbocycles. The van der Waals surface area contributed by atoms with Gasteiger partial charge in [-0.05, 0) is 26.8 Å². The lowest BCUT2D eigenvalue weighted by atomic mass is 10.1. The molecular weight excluding hydrogens is 312 g/mol. The highest BCUT2D eigenvalue weighted by Crippen LogP contribution is 2.24. The summed E-state index contributed by atoms with van der Waals surface area (Å²) in [5.74, 6) is -1.59. The lowest BCUT2D eigenvalue weighted by molar-refractivity contribution is -0.142. The minimum atomic E-state index is -0.764. The van der Waals surface area contributed by atoms with Gasteiger partial charge >= 0.3 is 17.9 Å². The van der Waals surface area contributed by atoms with Gasteiger partial charge < -0.3 is 14.2 Å². The molecule has 0 bridgehead atoms. The highest BCUT2D eigenvalue weighted by atomic mass is 16.6. The Morgan fingerprint density at radius 1 is 0.917 bits per heavy atom. The Morgan fingerprint density at radius 3 is 1.92 bits per heavy atom. The second-order valence-electron chi connectivity index (χ2n) is 5.45. The van der Waals surface area contributed by atoms with Crippen molar-refractivity contribution in [3.05, 3.63) is 60.1 Å². The van der Waals surface area contributed by atoms with E-state index in [0.29, 0.717) is 0 Å². The number of ether oxygens (including phenoxy) is 3. The number of hydrogen-bond acceptors (Lipinski definition) is 6. The van der Waals surface area contributed by atoms with E-state index in [1.807, 2.05) is 0 Å². The van der Waals surface area contributed by atoms with Gasteiger partial charge in [-0.1, -0.05) is 19.7 Å². The summed E-state index contributed by atoms with van der Waals surface area (Å²) in [6.45, 7) is 15.0. The third kappa shape index (κ3) is 5.72. The molecule has 1 aliphatic carbocycles. The van der Waals surface area contributed by atoms with Gasteiger partial charge in [0.25, 0.3) is 0 Å². The molecule has 0 amide bonds. The summed E-state index contributed by atoms with van der Waals surface area (Å²) >= 11 is 0. The van der Waals surface area contributed by atoms with E-state index >= 15 is 0 Å². The molecule has 0 aromatic rings. The predicted octanol–water partition coefficient (Wildman–Crippen LogP) is 2.88. The van der Waals surface area contributed by atoms with Crippen molar-refractivity contribution in [2.75, 3.05) is 0 Å². The van der Waals surface area contributed by atoms with Crippen molar-refractivity contribution in [1.82, 2.24) is 0 Å². The maximum atomic E-state index is 11.7. The Hall–Kier alpha value is -2.89. The van der Waals surface area contributed by atoms with Crippen LogP contribution in [0.3, 0.4) is 0 Å². The van der Waals surface area contributed by atoms with Crippen LogP contribution in [0.4, 0.5) is 0 Å². The zero-order chi connectivity index (χ0) is 18.4. The second-order valence-corrected chi connectivity index (χ2v) is 5.45. The third-order valence-corrected chi connectivity index (χ3v) is 2.79. The molecule has 0 aromatic carbocycles. The topological polar surface area (TPSA) is 78.9 Å².